The van der Waals surface area contributed by atoms with Crippen LogP contribution in [0.1, 0.15) is 18.9 Å². The molecule has 0 bridgehead atoms. The summed E-state index contributed by atoms with van der Waals surface area (Å²) in [5.74, 6) is -3.66. The van der Waals surface area contributed by atoms with Crippen LogP contribution in [0.2, 0.25) is 0 Å². The summed E-state index contributed by atoms with van der Waals surface area (Å²) in [5, 5.41) is 10.9. The van der Waals surface area contributed by atoms with Crippen molar-refractivity contribution in [2.45, 2.75) is 24.7 Å². The molecule has 3 aromatic rings. The number of rotatable bonds is 10. The molecule has 2 aromatic carbocycles. The first-order chi connectivity index (χ1) is 15.8. The van der Waals surface area contributed by atoms with Crippen molar-refractivity contribution in [1.29, 1.82) is 0 Å². The minimum atomic E-state index is -1.65. The summed E-state index contributed by atoms with van der Waals surface area (Å²) in [4.78, 5) is 12.2. The van der Waals surface area contributed by atoms with E-state index in [0.29, 0.717) is 29.0 Å². The molecule has 33 heavy (non-hydrogen) atoms. The van der Waals surface area contributed by atoms with Gasteiger partial charge in [0.2, 0.25) is 5.91 Å². The van der Waals surface area contributed by atoms with Gasteiger partial charge in [0.1, 0.15) is 0 Å². The van der Waals surface area contributed by atoms with Gasteiger partial charge in [-0.1, -0.05) is 30.0 Å². The zero-order chi connectivity index (χ0) is 24.0. The van der Waals surface area contributed by atoms with Crippen molar-refractivity contribution >= 4 is 23.4 Å². The molecule has 0 saturated heterocycles. The van der Waals surface area contributed by atoms with E-state index in [-0.39, 0.29) is 5.75 Å². The highest BCUT2D eigenvalue weighted by molar-refractivity contribution is 7.99. The van der Waals surface area contributed by atoms with Crippen molar-refractivity contribution in [2.75, 3.05) is 18.2 Å². The summed E-state index contributed by atoms with van der Waals surface area (Å²) in [6.07, 6.45) is 1.14. The van der Waals surface area contributed by atoms with Crippen LogP contribution in [0.15, 0.2) is 54.2 Å². The van der Waals surface area contributed by atoms with E-state index < -0.39 is 35.2 Å². The van der Waals surface area contributed by atoms with Crippen molar-refractivity contribution < 1.29 is 27.4 Å². The zero-order valence-electron chi connectivity index (χ0n) is 17.8. The largest absolute Gasteiger partial charge is 0.493 e. The molecule has 1 unspecified atom stereocenters. The second-order valence-electron chi connectivity index (χ2n) is 6.71. The number of carbonyl (C=O) groups is 1. The van der Waals surface area contributed by atoms with Crippen LogP contribution in [-0.4, -0.2) is 33.5 Å². The Morgan fingerprint density at radius 2 is 1.91 bits per heavy atom. The number of para-hydroxylation sites is 2. The number of benzene rings is 2. The molecule has 174 valence electrons. The fourth-order valence-corrected chi connectivity index (χ4v) is 3.66. The third-order valence-electron chi connectivity index (χ3n) is 4.44. The van der Waals surface area contributed by atoms with Crippen molar-refractivity contribution in [3.05, 3.63) is 72.3 Å². The number of methoxy groups -OCH3 is 1. The Bertz CT molecular complexity index is 1160. The van der Waals surface area contributed by atoms with E-state index in [1.807, 2.05) is 12.1 Å². The fraction of sp³-hybridized carbons (Fsp3) is 0.227. The lowest BCUT2D eigenvalue weighted by molar-refractivity contribution is -0.113. The maximum atomic E-state index is 13.8. The summed E-state index contributed by atoms with van der Waals surface area (Å²) in [6, 6.07) is 8.85. The van der Waals surface area contributed by atoms with Gasteiger partial charge in [-0.15, -0.1) is 16.8 Å². The maximum Gasteiger partial charge on any atom is 0.234 e. The van der Waals surface area contributed by atoms with Crippen LogP contribution in [0.5, 0.6) is 11.5 Å². The van der Waals surface area contributed by atoms with Gasteiger partial charge in [-0.25, -0.2) is 13.2 Å². The SMILES string of the molecule is C=CCn1c(SCC(=O)Nc2ccc(F)c(F)c2F)nnc1C(C)Oc1ccccc1OC. The van der Waals surface area contributed by atoms with Crippen LogP contribution in [0.25, 0.3) is 0 Å². The summed E-state index contributed by atoms with van der Waals surface area (Å²) in [5.41, 5.74) is -0.452. The Morgan fingerprint density at radius 3 is 2.61 bits per heavy atom. The maximum absolute atomic E-state index is 13.8. The number of thioether (sulfide) groups is 1. The first-order valence-corrected chi connectivity index (χ1v) is 10.7. The molecule has 0 aliphatic heterocycles. The van der Waals surface area contributed by atoms with Crippen LogP contribution in [0, 0.1) is 17.5 Å². The van der Waals surface area contributed by atoms with Gasteiger partial charge in [-0.2, -0.15) is 0 Å². The Labute approximate surface area is 192 Å². The smallest absolute Gasteiger partial charge is 0.234 e. The van der Waals surface area contributed by atoms with E-state index in [4.69, 9.17) is 9.47 Å². The van der Waals surface area contributed by atoms with E-state index in [2.05, 4.69) is 22.1 Å². The quantitative estimate of drug-likeness (QED) is 0.257. The number of hydrogen-bond acceptors (Lipinski definition) is 6. The van der Waals surface area contributed by atoms with Gasteiger partial charge in [0.25, 0.3) is 0 Å². The van der Waals surface area contributed by atoms with Gasteiger partial charge in [-0.05, 0) is 31.2 Å². The van der Waals surface area contributed by atoms with Crippen molar-refractivity contribution in [2.24, 2.45) is 0 Å². The summed E-state index contributed by atoms with van der Waals surface area (Å²) in [6.45, 7) is 5.88. The average Bonchev–Trinajstić information content (AvgIpc) is 3.21. The Balaban J connectivity index is 1.71. The zero-order valence-corrected chi connectivity index (χ0v) is 18.7. The molecule has 0 saturated carbocycles. The molecule has 11 heteroatoms. The number of nitrogens with zero attached hydrogens (tertiary/aromatic N) is 3. The molecular formula is C22H21F3N4O3S. The molecule has 1 N–H and O–H groups in total. The lowest BCUT2D eigenvalue weighted by Crippen LogP contribution is -2.17. The molecule has 0 aliphatic rings. The van der Waals surface area contributed by atoms with Gasteiger partial charge in [0, 0.05) is 6.54 Å². The van der Waals surface area contributed by atoms with Gasteiger partial charge >= 0.3 is 0 Å². The number of carbonyl (C=O) groups excluding carboxylic acids is 1. The molecule has 0 fully saturated rings. The number of amides is 1. The summed E-state index contributed by atoms with van der Waals surface area (Å²) < 4.78 is 53.2. The second kappa shape index (κ2) is 10.9. The number of nitrogens with one attached hydrogen (secondary N) is 1. The van der Waals surface area contributed by atoms with Gasteiger partial charge < -0.3 is 14.8 Å². The predicted molar refractivity (Wildman–Crippen MR) is 118 cm³/mol. The van der Waals surface area contributed by atoms with E-state index >= 15 is 0 Å². The molecule has 3 rings (SSSR count). The molecular weight excluding hydrogens is 457 g/mol. The number of allylic oxidation sites excluding steroid dienone is 1. The molecule has 1 amide bonds. The number of hydrogen-bond donors (Lipinski definition) is 1. The Morgan fingerprint density at radius 1 is 1.18 bits per heavy atom. The minimum absolute atomic E-state index is 0.171. The first-order valence-electron chi connectivity index (χ1n) is 9.75. The third kappa shape index (κ3) is 5.67. The highest BCUT2D eigenvalue weighted by atomic mass is 32.2. The molecule has 1 aromatic heterocycles. The molecule has 1 heterocycles. The van der Waals surface area contributed by atoms with Crippen LogP contribution in [0.3, 0.4) is 0 Å². The lowest BCUT2D eigenvalue weighted by atomic mass is 10.3. The third-order valence-corrected chi connectivity index (χ3v) is 5.40. The molecule has 1 atom stereocenters. The summed E-state index contributed by atoms with van der Waals surface area (Å²) >= 11 is 1.04. The topological polar surface area (TPSA) is 78.3 Å². The lowest BCUT2D eigenvalue weighted by Gasteiger charge is -2.17. The molecule has 0 aliphatic carbocycles. The highest BCUT2D eigenvalue weighted by Crippen LogP contribution is 2.31. The minimum Gasteiger partial charge on any atom is -0.493 e. The van der Waals surface area contributed by atoms with Gasteiger partial charge in [0.05, 0.1) is 18.6 Å². The van der Waals surface area contributed by atoms with Crippen LogP contribution >= 0.6 is 11.8 Å². The predicted octanol–water partition coefficient (Wildman–Crippen LogP) is 4.76. The number of ether oxygens (including phenoxy) is 2. The fourth-order valence-electron chi connectivity index (χ4n) is 2.91. The number of anilines is 1. The molecule has 0 spiro atoms. The summed E-state index contributed by atoms with van der Waals surface area (Å²) in [7, 11) is 1.54. The first kappa shape index (κ1) is 24.2. The molecule has 7 nitrogen and oxygen atoms in total. The van der Waals surface area contributed by atoms with E-state index in [9.17, 15) is 18.0 Å². The Hall–Kier alpha value is -3.47. The van der Waals surface area contributed by atoms with E-state index in [0.717, 1.165) is 23.9 Å². The average molecular weight is 478 g/mol. The van der Waals surface area contributed by atoms with Gasteiger partial charge in [0.15, 0.2) is 46.0 Å². The second-order valence-corrected chi connectivity index (χ2v) is 7.65. The number of halogens is 3. The highest BCUT2D eigenvalue weighted by Gasteiger charge is 2.21. The van der Waals surface area contributed by atoms with Crippen molar-refractivity contribution in [1.82, 2.24) is 14.8 Å². The Kier molecular flexibility index (Phi) is 7.99. The van der Waals surface area contributed by atoms with Crippen molar-refractivity contribution in [3.8, 4) is 11.5 Å². The van der Waals surface area contributed by atoms with E-state index in [1.165, 1.54) is 0 Å². The van der Waals surface area contributed by atoms with Gasteiger partial charge in [-0.3, -0.25) is 9.36 Å². The monoisotopic (exact) mass is 478 g/mol. The van der Waals surface area contributed by atoms with E-state index in [1.54, 1.807) is 36.8 Å². The van der Waals surface area contributed by atoms with Crippen molar-refractivity contribution in [3.63, 3.8) is 0 Å². The number of aromatic nitrogens is 3. The van der Waals surface area contributed by atoms with Crippen LogP contribution < -0.4 is 14.8 Å². The standard InChI is InChI=1S/C22H21F3N4O3S/c1-4-11-29-21(13(2)32-17-8-6-5-7-16(17)31-3)27-28-22(29)33-12-18(30)26-15-10-9-14(23)19(24)20(15)25/h4-10,13H,1,11-12H2,2-3H3,(H,26,30). The molecule has 0 radical (unpaired) electrons. The van der Waals surface area contributed by atoms with Crippen LogP contribution in [0.4, 0.5) is 18.9 Å². The van der Waals surface area contributed by atoms with Crippen LogP contribution in [-0.2, 0) is 11.3 Å². The normalized spacial score (nSPS) is 11.7.